The molecule has 0 bridgehead atoms. The predicted molar refractivity (Wildman–Crippen MR) is 132 cm³/mol. The third-order valence-corrected chi connectivity index (χ3v) is 5.35. The van der Waals surface area contributed by atoms with Crippen LogP contribution in [-0.2, 0) is 10.2 Å². The number of aliphatic imine (C=N–C) groups is 1. The highest BCUT2D eigenvalue weighted by molar-refractivity contribution is 14.0. The van der Waals surface area contributed by atoms with Crippen molar-refractivity contribution in [3.8, 4) is 11.5 Å². The number of guanidine groups is 1. The Morgan fingerprint density at radius 1 is 1.07 bits per heavy atom. The molecule has 1 aromatic rings. The molecule has 2 aliphatic heterocycles. The largest absolute Gasteiger partial charge is 0.486 e. The Kier molecular flexibility index (Phi) is 10.5. The lowest BCUT2D eigenvalue weighted by atomic mass is 9.84. The molecule has 0 aromatic heterocycles. The summed E-state index contributed by atoms with van der Waals surface area (Å²) in [6.07, 6.45) is 1.09. The minimum absolute atomic E-state index is 0. The number of rotatable bonds is 8. The number of fused-ring (bicyclic) bond motifs is 1. The fourth-order valence-electron chi connectivity index (χ4n) is 3.51. The molecule has 1 aromatic carbocycles. The van der Waals surface area contributed by atoms with E-state index in [1.807, 2.05) is 6.07 Å². The second-order valence-corrected chi connectivity index (χ2v) is 8.17. The SMILES string of the molecule is CCNC(=NCC(C)(C)c1ccc2c(c1)OCCO2)NCCCN1CCOCC1.I. The van der Waals surface area contributed by atoms with Crippen molar-refractivity contribution < 1.29 is 14.2 Å². The van der Waals surface area contributed by atoms with Crippen molar-refractivity contribution in [1.82, 2.24) is 15.5 Å². The van der Waals surface area contributed by atoms with Crippen LogP contribution in [0.2, 0.25) is 0 Å². The lowest BCUT2D eigenvalue weighted by Gasteiger charge is -2.27. The van der Waals surface area contributed by atoms with Gasteiger partial charge in [-0.15, -0.1) is 24.0 Å². The molecule has 0 amide bonds. The van der Waals surface area contributed by atoms with Gasteiger partial charge < -0.3 is 24.8 Å². The summed E-state index contributed by atoms with van der Waals surface area (Å²) < 4.78 is 16.8. The molecule has 1 saturated heterocycles. The molecular formula is C22H37IN4O3. The van der Waals surface area contributed by atoms with Crippen molar-refractivity contribution in [2.24, 2.45) is 4.99 Å². The molecule has 30 heavy (non-hydrogen) atoms. The highest BCUT2D eigenvalue weighted by Gasteiger charge is 2.23. The molecule has 0 unspecified atom stereocenters. The number of benzene rings is 1. The van der Waals surface area contributed by atoms with E-state index >= 15 is 0 Å². The average Bonchev–Trinajstić information content (AvgIpc) is 2.75. The zero-order valence-corrected chi connectivity index (χ0v) is 20.9. The van der Waals surface area contributed by atoms with Gasteiger partial charge in [-0.25, -0.2) is 0 Å². The van der Waals surface area contributed by atoms with Crippen molar-refractivity contribution in [3.63, 3.8) is 0 Å². The number of morpholine rings is 1. The van der Waals surface area contributed by atoms with Gasteiger partial charge in [0.15, 0.2) is 17.5 Å². The van der Waals surface area contributed by atoms with E-state index in [4.69, 9.17) is 19.2 Å². The van der Waals surface area contributed by atoms with Crippen molar-refractivity contribution in [2.45, 2.75) is 32.6 Å². The van der Waals surface area contributed by atoms with Gasteiger partial charge in [-0.05, 0) is 37.6 Å². The maximum absolute atomic E-state index is 5.74. The molecule has 0 spiro atoms. The summed E-state index contributed by atoms with van der Waals surface area (Å²) in [5.74, 6) is 2.54. The molecule has 2 heterocycles. The van der Waals surface area contributed by atoms with Crippen LogP contribution in [0.3, 0.4) is 0 Å². The number of hydrogen-bond acceptors (Lipinski definition) is 5. The topological polar surface area (TPSA) is 67.4 Å². The normalized spacial score (nSPS) is 17.2. The van der Waals surface area contributed by atoms with Gasteiger partial charge in [0.2, 0.25) is 0 Å². The van der Waals surface area contributed by atoms with Gasteiger partial charge in [-0.3, -0.25) is 9.89 Å². The maximum Gasteiger partial charge on any atom is 0.191 e. The first-order chi connectivity index (χ1) is 14.1. The summed E-state index contributed by atoms with van der Waals surface area (Å²) in [7, 11) is 0. The summed E-state index contributed by atoms with van der Waals surface area (Å²) >= 11 is 0. The van der Waals surface area contributed by atoms with Crippen molar-refractivity contribution in [3.05, 3.63) is 23.8 Å². The average molecular weight is 532 g/mol. The smallest absolute Gasteiger partial charge is 0.191 e. The van der Waals surface area contributed by atoms with Gasteiger partial charge in [0.05, 0.1) is 19.8 Å². The molecule has 7 nitrogen and oxygen atoms in total. The van der Waals surface area contributed by atoms with E-state index < -0.39 is 0 Å². The molecule has 8 heteroatoms. The molecule has 2 aliphatic rings. The van der Waals surface area contributed by atoms with Gasteiger partial charge in [0.1, 0.15) is 13.2 Å². The first-order valence-corrected chi connectivity index (χ1v) is 10.8. The Labute approximate surface area is 197 Å². The minimum Gasteiger partial charge on any atom is -0.486 e. The number of hydrogen-bond donors (Lipinski definition) is 2. The molecule has 1 fully saturated rings. The number of ether oxygens (including phenoxy) is 3. The molecule has 2 N–H and O–H groups in total. The van der Waals surface area contributed by atoms with Gasteiger partial charge in [-0.1, -0.05) is 19.9 Å². The van der Waals surface area contributed by atoms with E-state index in [2.05, 4.69) is 48.4 Å². The van der Waals surface area contributed by atoms with Gasteiger partial charge in [-0.2, -0.15) is 0 Å². The van der Waals surface area contributed by atoms with E-state index in [9.17, 15) is 0 Å². The second-order valence-electron chi connectivity index (χ2n) is 8.17. The van der Waals surface area contributed by atoms with E-state index in [0.29, 0.717) is 19.8 Å². The second kappa shape index (κ2) is 12.6. The Bertz CT molecular complexity index is 678. The molecule has 3 rings (SSSR count). The first kappa shape index (κ1) is 25.0. The van der Waals surface area contributed by atoms with Crippen LogP contribution in [0.5, 0.6) is 11.5 Å². The highest BCUT2D eigenvalue weighted by atomic mass is 127. The van der Waals surface area contributed by atoms with Crippen LogP contribution in [0.15, 0.2) is 23.2 Å². The van der Waals surface area contributed by atoms with Gasteiger partial charge >= 0.3 is 0 Å². The molecule has 0 radical (unpaired) electrons. The van der Waals surface area contributed by atoms with Crippen LogP contribution >= 0.6 is 24.0 Å². The summed E-state index contributed by atoms with van der Waals surface area (Å²) in [6.45, 7) is 15.1. The maximum atomic E-state index is 5.74. The lowest BCUT2D eigenvalue weighted by molar-refractivity contribution is 0.0376. The van der Waals surface area contributed by atoms with Crippen LogP contribution < -0.4 is 20.1 Å². The molecule has 0 saturated carbocycles. The zero-order chi connectivity index (χ0) is 20.5. The number of nitrogens with zero attached hydrogens (tertiary/aromatic N) is 2. The van der Waals surface area contributed by atoms with Crippen LogP contribution in [0.25, 0.3) is 0 Å². The third kappa shape index (κ3) is 7.46. The number of halogens is 1. The van der Waals surface area contributed by atoms with Crippen molar-refractivity contribution in [1.29, 1.82) is 0 Å². The minimum atomic E-state index is -0.105. The Morgan fingerprint density at radius 3 is 2.53 bits per heavy atom. The van der Waals surface area contributed by atoms with Crippen LogP contribution in [0.1, 0.15) is 32.8 Å². The monoisotopic (exact) mass is 532 g/mol. The Balaban J connectivity index is 0.00000320. The van der Waals surface area contributed by atoms with Gasteiger partial charge in [0.25, 0.3) is 0 Å². The highest BCUT2D eigenvalue weighted by Crippen LogP contribution is 2.35. The van der Waals surface area contributed by atoms with Crippen molar-refractivity contribution >= 4 is 29.9 Å². The Morgan fingerprint density at radius 2 is 1.80 bits per heavy atom. The third-order valence-electron chi connectivity index (χ3n) is 5.35. The van der Waals surface area contributed by atoms with Crippen LogP contribution in [0.4, 0.5) is 0 Å². The first-order valence-electron chi connectivity index (χ1n) is 10.8. The fraction of sp³-hybridized carbons (Fsp3) is 0.682. The summed E-state index contributed by atoms with van der Waals surface area (Å²) in [5, 5.41) is 6.83. The molecule has 170 valence electrons. The fourth-order valence-corrected chi connectivity index (χ4v) is 3.51. The Hall–Kier alpha value is -1.26. The standard InChI is InChI=1S/C22H36N4O3.HI/c1-4-23-21(24-8-5-9-26-10-12-27-13-11-26)25-17-22(2,3)18-6-7-19-20(16-18)29-15-14-28-19;/h6-7,16H,4-5,8-15,17H2,1-3H3,(H2,23,24,25);1H. The summed E-state index contributed by atoms with van der Waals surface area (Å²) in [4.78, 5) is 7.31. The van der Waals surface area contributed by atoms with Crippen LogP contribution in [-0.4, -0.2) is 76.6 Å². The number of nitrogens with one attached hydrogen (secondary N) is 2. The summed E-state index contributed by atoms with van der Waals surface area (Å²) in [5.41, 5.74) is 1.10. The van der Waals surface area contributed by atoms with E-state index in [0.717, 1.165) is 69.8 Å². The van der Waals surface area contributed by atoms with E-state index in [1.54, 1.807) is 0 Å². The molecular weight excluding hydrogens is 495 g/mol. The van der Waals surface area contributed by atoms with E-state index in [1.165, 1.54) is 5.56 Å². The lowest BCUT2D eigenvalue weighted by Crippen LogP contribution is -2.41. The quantitative estimate of drug-likeness (QED) is 0.232. The zero-order valence-electron chi connectivity index (χ0n) is 18.5. The molecule has 0 atom stereocenters. The molecule has 0 aliphatic carbocycles. The van der Waals surface area contributed by atoms with Crippen molar-refractivity contribution in [2.75, 3.05) is 65.7 Å². The van der Waals surface area contributed by atoms with Gasteiger partial charge in [0, 0.05) is 31.6 Å². The van der Waals surface area contributed by atoms with Crippen LogP contribution in [0, 0.1) is 0 Å². The van der Waals surface area contributed by atoms with E-state index in [-0.39, 0.29) is 29.4 Å². The summed E-state index contributed by atoms with van der Waals surface area (Å²) in [6, 6.07) is 6.21. The predicted octanol–water partition coefficient (Wildman–Crippen LogP) is 2.63.